The molecule has 0 saturated heterocycles. The summed E-state index contributed by atoms with van der Waals surface area (Å²) < 4.78 is 62.4. The lowest BCUT2D eigenvalue weighted by molar-refractivity contribution is -0.139. The second-order valence-electron chi connectivity index (χ2n) is 7.28. The third kappa shape index (κ3) is 6.92. The van der Waals surface area contributed by atoms with Crippen LogP contribution >= 0.6 is 27.7 Å². The molecule has 0 N–H and O–H groups in total. The molecule has 0 aliphatic rings. The van der Waals surface area contributed by atoms with Crippen LogP contribution in [-0.2, 0) is 21.9 Å². The van der Waals surface area contributed by atoms with Gasteiger partial charge in [0.2, 0.25) is 0 Å². The van der Waals surface area contributed by atoms with Gasteiger partial charge in [-0.1, -0.05) is 39.8 Å². The largest absolute Gasteiger partial charge is 0.462 e. The molecule has 0 fully saturated rings. The van der Waals surface area contributed by atoms with Crippen LogP contribution in [0.25, 0.3) is 0 Å². The Bertz CT molecular complexity index is 1020. The van der Waals surface area contributed by atoms with Crippen molar-refractivity contribution in [2.24, 2.45) is 4.40 Å². The highest BCUT2D eigenvalue weighted by Gasteiger charge is 2.35. The molecule has 31 heavy (non-hydrogen) atoms. The molecule has 4 nitrogen and oxygen atoms in total. The van der Waals surface area contributed by atoms with Gasteiger partial charge in [-0.25, -0.2) is 9.00 Å². The third-order valence-corrected chi connectivity index (χ3v) is 6.83. The molecule has 168 valence electrons. The first-order valence-corrected chi connectivity index (χ1v) is 11.9. The molecule has 1 atom stereocenters. The fraction of sp³-hybridized carbons (Fsp3) is 0.333. The molecule has 0 aliphatic heterocycles. The summed E-state index contributed by atoms with van der Waals surface area (Å²) in [6.07, 6.45) is -3.48. The van der Waals surface area contributed by atoms with Gasteiger partial charge in [0.1, 0.15) is 11.0 Å². The minimum absolute atomic E-state index is 0.128. The third-order valence-electron chi connectivity index (χ3n) is 3.79. The monoisotopic (exact) mass is 535 g/mol. The number of carbonyl (C=O) groups is 1. The van der Waals surface area contributed by atoms with E-state index in [1.54, 1.807) is 45.9 Å². The fourth-order valence-corrected chi connectivity index (χ4v) is 4.48. The fourth-order valence-electron chi connectivity index (χ4n) is 2.34. The lowest BCUT2D eigenvalue weighted by atomic mass is 10.1. The maximum atomic E-state index is 13.8. The summed E-state index contributed by atoms with van der Waals surface area (Å²) in [7, 11) is -1.65. The van der Waals surface area contributed by atoms with Gasteiger partial charge in [-0.2, -0.15) is 17.6 Å². The first-order chi connectivity index (χ1) is 14.3. The van der Waals surface area contributed by atoms with Crippen molar-refractivity contribution in [1.29, 1.82) is 0 Å². The van der Waals surface area contributed by atoms with Crippen molar-refractivity contribution in [1.82, 2.24) is 0 Å². The molecule has 10 heteroatoms. The summed E-state index contributed by atoms with van der Waals surface area (Å²) in [4.78, 5) is 12.4. The molecule has 2 aromatic carbocycles. The molecule has 0 aromatic heterocycles. The summed E-state index contributed by atoms with van der Waals surface area (Å²) in [6.45, 7) is 6.93. The number of rotatable bonds is 6. The van der Waals surface area contributed by atoms with E-state index in [0.29, 0.717) is 4.90 Å². The van der Waals surface area contributed by atoms with Gasteiger partial charge in [0.25, 0.3) is 0 Å². The molecule has 0 saturated carbocycles. The summed E-state index contributed by atoms with van der Waals surface area (Å²) >= 11 is 3.89. The second kappa shape index (κ2) is 10.3. The summed E-state index contributed by atoms with van der Waals surface area (Å²) in [5, 5.41) is 0. The van der Waals surface area contributed by atoms with Crippen molar-refractivity contribution in [3.8, 4) is 0 Å². The number of ether oxygens (including phenoxy) is 1. The second-order valence-corrected chi connectivity index (χ2v) is 11.2. The predicted octanol–water partition coefficient (Wildman–Crippen LogP) is 6.68. The quantitative estimate of drug-likeness (QED) is 0.306. The first kappa shape index (κ1) is 25.6. The zero-order chi connectivity index (χ0) is 23.4. The highest BCUT2D eigenvalue weighted by atomic mass is 79.9. The maximum Gasteiger partial charge on any atom is 0.417 e. The first-order valence-electron chi connectivity index (χ1n) is 9.15. The number of esters is 1. The topological polar surface area (TPSA) is 55.7 Å². The van der Waals surface area contributed by atoms with E-state index in [4.69, 9.17) is 4.74 Å². The van der Waals surface area contributed by atoms with Crippen molar-refractivity contribution in [3.63, 3.8) is 0 Å². The number of nitrogens with zero attached hydrogens (tertiary/aromatic N) is 1. The molecule has 0 amide bonds. The molecule has 2 rings (SSSR count). The van der Waals surface area contributed by atoms with Crippen LogP contribution in [0.15, 0.2) is 55.1 Å². The number of hydrogen-bond acceptors (Lipinski definition) is 4. The molecule has 0 heterocycles. The van der Waals surface area contributed by atoms with Gasteiger partial charge in [0, 0.05) is 26.0 Å². The molecule has 0 spiro atoms. The molecular weight excluding hydrogens is 515 g/mol. The lowest BCUT2D eigenvalue weighted by Gasteiger charge is -2.17. The Morgan fingerprint density at radius 2 is 1.87 bits per heavy atom. The molecule has 1 unspecified atom stereocenters. The molecule has 0 bridgehead atoms. The standard InChI is InChI=1S/C21H21BrF3NO3S2/c1-5-29-19(27)15-8-6-7-9-17(15)30-18-13(12-26-31(28)20(2,3)4)10-14(22)11-16(18)21(23,24)25/h6-12H,5H2,1-4H3. The zero-order valence-electron chi connectivity index (χ0n) is 17.2. The van der Waals surface area contributed by atoms with Crippen LogP contribution in [0.3, 0.4) is 0 Å². The summed E-state index contributed by atoms with van der Waals surface area (Å²) in [6, 6.07) is 8.71. The van der Waals surface area contributed by atoms with Gasteiger partial charge in [-0.3, -0.25) is 0 Å². The predicted molar refractivity (Wildman–Crippen MR) is 121 cm³/mol. The van der Waals surface area contributed by atoms with Crippen LogP contribution in [0.4, 0.5) is 13.2 Å². The SMILES string of the molecule is CCOC(=O)c1ccccc1Sc1c(C=NS(=O)C(C)(C)C)cc(Br)cc1C(F)(F)F. The van der Waals surface area contributed by atoms with Gasteiger partial charge in [0.05, 0.1) is 22.5 Å². The van der Waals surface area contributed by atoms with Crippen LogP contribution in [-0.4, -0.2) is 27.7 Å². The van der Waals surface area contributed by atoms with Gasteiger partial charge in [-0.05, 0) is 52.0 Å². The normalized spacial score (nSPS) is 13.4. The number of carbonyl (C=O) groups excluding carboxylic acids is 1. The van der Waals surface area contributed by atoms with E-state index in [1.807, 2.05) is 0 Å². The van der Waals surface area contributed by atoms with Gasteiger partial charge in [-0.15, -0.1) is 0 Å². The van der Waals surface area contributed by atoms with Gasteiger partial charge < -0.3 is 4.74 Å². The smallest absolute Gasteiger partial charge is 0.417 e. The van der Waals surface area contributed by atoms with E-state index in [1.165, 1.54) is 18.3 Å². The van der Waals surface area contributed by atoms with Crippen molar-refractivity contribution in [3.05, 3.63) is 57.6 Å². The Hall–Kier alpha value is -1.65. The number of alkyl halides is 3. The van der Waals surface area contributed by atoms with Crippen molar-refractivity contribution < 1.29 is 26.9 Å². The maximum absolute atomic E-state index is 13.8. The number of hydrogen-bond donors (Lipinski definition) is 0. The van der Waals surface area contributed by atoms with Crippen LogP contribution < -0.4 is 0 Å². The Labute approximate surface area is 194 Å². The average Bonchev–Trinajstić information content (AvgIpc) is 2.66. The highest BCUT2D eigenvalue weighted by molar-refractivity contribution is 9.10. The number of benzene rings is 2. The van der Waals surface area contributed by atoms with E-state index in [0.717, 1.165) is 17.8 Å². The van der Waals surface area contributed by atoms with Crippen LogP contribution in [0, 0.1) is 0 Å². The van der Waals surface area contributed by atoms with Crippen molar-refractivity contribution >= 4 is 50.9 Å². The van der Waals surface area contributed by atoms with Crippen molar-refractivity contribution in [2.45, 2.75) is 48.4 Å². The van der Waals surface area contributed by atoms with Crippen LogP contribution in [0.5, 0.6) is 0 Å². The van der Waals surface area contributed by atoms with Gasteiger partial charge >= 0.3 is 12.1 Å². The van der Waals surface area contributed by atoms with E-state index in [-0.39, 0.29) is 27.1 Å². The van der Waals surface area contributed by atoms with E-state index >= 15 is 0 Å². The average molecular weight is 536 g/mol. The number of halogens is 4. The Kier molecular flexibility index (Phi) is 8.52. The minimum atomic E-state index is -4.66. The van der Waals surface area contributed by atoms with Gasteiger partial charge in [0.15, 0.2) is 0 Å². The summed E-state index contributed by atoms with van der Waals surface area (Å²) in [5.74, 6) is -0.625. The minimum Gasteiger partial charge on any atom is -0.462 e. The van der Waals surface area contributed by atoms with E-state index in [2.05, 4.69) is 20.3 Å². The molecular formula is C21H21BrF3NO3S2. The van der Waals surface area contributed by atoms with E-state index in [9.17, 15) is 22.2 Å². The summed E-state index contributed by atoms with van der Waals surface area (Å²) in [5.41, 5.74) is -0.608. The van der Waals surface area contributed by atoms with E-state index < -0.39 is 33.4 Å². The molecule has 0 radical (unpaired) electrons. The van der Waals surface area contributed by atoms with Crippen LogP contribution in [0.1, 0.15) is 49.2 Å². The lowest BCUT2D eigenvalue weighted by Crippen LogP contribution is -2.19. The molecule has 0 aliphatic carbocycles. The Morgan fingerprint density at radius 3 is 2.45 bits per heavy atom. The van der Waals surface area contributed by atoms with Crippen molar-refractivity contribution in [2.75, 3.05) is 6.61 Å². The zero-order valence-corrected chi connectivity index (χ0v) is 20.5. The molecule has 2 aromatic rings. The Balaban J connectivity index is 2.65. The van der Waals surface area contributed by atoms with Crippen LogP contribution in [0.2, 0.25) is 0 Å². The highest BCUT2D eigenvalue weighted by Crippen LogP contribution is 2.43. The Morgan fingerprint density at radius 1 is 1.23 bits per heavy atom.